The van der Waals surface area contributed by atoms with Crippen LogP contribution in [-0.4, -0.2) is 62.3 Å². The maximum absolute atomic E-state index is 12.9. The van der Waals surface area contributed by atoms with E-state index in [0.717, 1.165) is 24.0 Å². The van der Waals surface area contributed by atoms with Crippen LogP contribution in [0.5, 0.6) is 0 Å². The van der Waals surface area contributed by atoms with Crippen LogP contribution >= 0.6 is 0 Å². The summed E-state index contributed by atoms with van der Waals surface area (Å²) in [7, 11) is -3.49. The Morgan fingerprint density at radius 1 is 1.07 bits per heavy atom. The van der Waals surface area contributed by atoms with Gasteiger partial charge in [0.1, 0.15) is 0 Å². The van der Waals surface area contributed by atoms with Gasteiger partial charge < -0.3 is 5.32 Å². The van der Waals surface area contributed by atoms with Gasteiger partial charge in [-0.25, -0.2) is 8.42 Å². The lowest BCUT2D eigenvalue weighted by atomic mass is 10.0. The van der Waals surface area contributed by atoms with Crippen LogP contribution in [0, 0.1) is 19.8 Å². The molecule has 1 amide bonds. The van der Waals surface area contributed by atoms with E-state index in [1.165, 1.54) is 4.31 Å². The molecule has 28 heavy (non-hydrogen) atoms. The first kappa shape index (κ1) is 22.8. The molecule has 1 aliphatic rings. The molecule has 0 saturated carbocycles. The molecule has 6 nitrogen and oxygen atoms in total. The third-order valence-electron chi connectivity index (χ3n) is 5.23. The Kier molecular flexibility index (Phi) is 8.04. The number of hydrogen-bond acceptors (Lipinski definition) is 4. The van der Waals surface area contributed by atoms with Gasteiger partial charge in [-0.3, -0.25) is 9.69 Å². The minimum absolute atomic E-state index is 0.0157. The predicted octanol–water partition coefficient (Wildman–Crippen LogP) is 2.55. The van der Waals surface area contributed by atoms with E-state index in [4.69, 9.17) is 0 Å². The Labute approximate surface area is 170 Å². The zero-order chi connectivity index (χ0) is 20.9. The number of aryl methyl sites for hydroxylation is 2. The van der Waals surface area contributed by atoms with Crippen molar-refractivity contribution in [3.8, 4) is 0 Å². The SMILES string of the molecule is Cc1ccc(S(=O)(=O)N2CCN(CC(=O)NC(C)CCC(C)C)CC2)c(C)c1. The van der Waals surface area contributed by atoms with Crippen molar-refractivity contribution in [1.29, 1.82) is 0 Å². The molecule has 0 aromatic heterocycles. The zero-order valence-electron chi connectivity index (χ0n) is 17.9. The fourth-order valence-electron chi connectivity index (χ4n) is 3.53. The first-order chi connectivity index (χ1) is 13.1. The van der Waals surface area contributed by atoms with Crippen LogP contribution in [0.25, 0.3) is 0 Å². The van der Waals surface area contributed by atoms with E-state index in [0.29, 0.717) is 43.5 Å². The molecule has 1 aromatic carbocycles. The third-order valence-corrected chi connectivity index (χ3v) is 7.29. The van der Waals surface area contributed by atoms with Gasteiger partial charge in [-0.2, -0.15) is 4.31 Å². The molecule has 0 bridgehead atoms. The second-order valence-electron chi connectivity index (χ2n) is 8.39. The summed E-state index contributed by atoms with van der Waals surface area (Å²) in [4.78, 5) is 14.7. The number of piperazine rings is 1. The third kappa shape index (κ3) is 6.29. The first-order valence-corrected chi connectivity index (χ1v) is 11.6. The van der Waals surface area contributed by atoms with Crippen LogP contribution in [0.1, 0.15) is 44.7 Å². The van der Waals surface area contributed by atoms with Crippen molar-refractivity contribution in [1.82, 2.24) is 14.5 Å². The van der Waals surface area contributed by atoms with E-state index < -0.39 is 10.0 Å². The van der Waals surface area contributed by atoms with Crippen molar-refractivity contribution < 1.29 is 13.2 Å². The van der Waals surface area contributed by atoms with Gasteiger partial charge >= 0.3 is 0 Å². The maximum atomic E-state index is 12.9. The average molecular weight is 410 g/mol. The van der Waals surface area contributed by atoms with Crippen LogP contribution in [0.4, 0.5) is 0 Å². The van der Waals surface area contributed by atoms with Crippen LogP contribution in [0.2, 0.25) is 0 Å². The van der Waals surface area contributed by atoms with Crippen LogP contribution < -0.4 is 5.32 Å². The highest BCUT2D eigenvalue weighted by atomic mass is 32.2. The Morgan fingerprint density at radius 3 is 2.29 bits per heavy atom. The molecule has 0 spiro atoms. The van der Waals surface area contributed by atoms with Gasteiger partial charge in [0.25, 0.3) is 0 Å². The lowest BCUT2D eigenvalue weighted by Crippen LogP contribution is -2.51. The van der Waals surface area contributed by atoms with Crippen LogP contribution in [0.3, 0.4) is 0 Å². The lowest BCUT2D eigenvalue weighted by Gasteiger charge is -2.34. The fourth-order valence-corrected chi connectivity index (χ4v) is 5.16. The van der Waals surface area contributed by atoms with Crippen molar-refractivity contribution in [2.24, 2.45) is 5.92 Å². The maximum Gasteiger partial charge on any atom is 0.243 e. The Bertz CT molecular complexity index is 769. The van der Waals surface area contributed by atoms with E-state index in [1.54, 1.807) is 6.07 Å². The second-order valence-corrected chi connectivity index (χ2v) is 10.3. The number of carbonyl (C=O) groups is 1. The molecular formula is C21H35N3O3S. The summed E-state index contributed by atoms with van der Waals surface area (Å²) in [6.07, 6.45) is 2.07. The molecule has 2 rings (SSSR count). The summed E-state index contributed by atoms with van der Waals surface area (Å²) in [6.45, 7) is 12.5. The summed E-state index contributed by atoms with van der Waals surface area (Å²) in [6, 6.07) is 5.59. The van der Waals surface area contributed by atoms with E-state index in [1.807, 2.05) is 37.8 Å². The number of amides is 1. The number of nitrogens with one attached hydrogen (secondary N) is 1. The Balaban J connectivity index is 1.86. The summed E-state index contributed by atoms with van der Waals surface area (Å²) in [5, 5.41) is 3.05. The molecule has 1 unspecified atom stereocenters. The Morgan fingerprint density at radius 2 is 1.71 bits per heavy atom. The van der Waals surface area contributed by atoms with Crippen molar-refractivity contribution in [3.63, 3.8) is 0 Å². The number of sulfonamides is 1. The smallest absolute Gasteiger partial charge is 0.243 e. The van der Waals surface area contributed by atoms with E-state index in [9.17, 15) is 13.2 Å². The molecule has 1 heterocycles. The molecule has 1 N–H and O–H groups in total. The number of carbonyl (C=O) groups excluding carboxylic acids is 1. The van der Waals surface area contributed by atoms with Gasteiger partial charge in [-0.15, -0.1) is 0 Å². The van der Waals surface area contributed by atoms with E-state index in [2.05, 4.69) is 19.2 Å². The molecule has 1 saturated heterocycles. The highest BCUT2D eigenvalue weighted by molar-refractivity contribution is 7.89. The standard InChI is InChI=1S/C21H35N3O3S/c1-16(2)6-8-19(5)22-21(25)15-23-10-12-24(13-11-23)28(26,27)20-9-7-17(3)14-18(20)4/h7,9,14,16,19H,6,8,10-13,15H2,1-5H3,(H,22,25). The van der Waals surface area contributed by atoms with Gasteiger partial charge in [0.15, 0.2) is 0 Å². The van der Waals surface area contributed by atoms with Crippen LogP contribution in [-0.2, 0) is 14.8 Å². The van der Waals surface area contributed by atoms with Crippen molar-refractivity contribution in [2.75, 3.05) is 32.7 Å². The highest BCUT2D eigenvalue weighted by Gasteiger charge is 2.30. The molecule has 0 aliphatic carbocycles. The second kappa shape index (κ2) is 9.85. The summed E-state index contributed by atoms with van der Waals surface area (Å²) >= 11 is 0. The fraction of sp³-hybridized carbons (Fsp3) is 0.667. The van der Waals surface area contributed by atoms with E-state index >= 15 is 0 Å². The molecule has 1 aliphatic heterocycles. The number of hydrogen-bond donors (Lipinski definition) is 1. The normalized spacial score (nSPS) is 17.6. The average Bonchev–Trinajstić information content (AvgIpc) is 2.60. The topological polar surface area (TPSA) is 69.7 Å². The van der Waals surface area contributed by atoms with Crippen molar-refractivity contribution >= 4 is 15.9 Å². The number of rotatable bonds is 8. The predicted molar refractivity (Wildman–Crippen MR) is 113 cm³/mol. The van der Waals surface area contributed by atoms with E-state index in [-0.39, 0.29) is 11.9 Å². The molecular weight excluding hydrogens is 374 g/mol. The zero-order valence-corrected chi connectivity index (χ0v) is 18.7. The monoisotopic (exact) mass is 409 g/mol. The van der Waals surface area contributed by atoms with Crippen molar-refractivity contribution in [2.45, 2.75) is 58.4 Å². The first-order valence-electron chi connectivity index (χ1n) is 10.2. The van der Waals surface area contributed by atoms with Crippen molar-refractivity contribution in [3.05, 3.63) is 29.3 Å². The largest absolute Gasteiger partial charge is 0.353 e. The molecule has 1 atom stereocenters. The molecule has 7 heteroatoms. The van der Waals surface area contributed by atoms with Gasteiger partial charge in [0, 0.05) is 32.2 Å². The summed E-state index contributed by atoms with van der Waals surface area (Å²) in [5.41, 5.74) is 1.83. The molecule has 0 radical (unpaired) electrons. The quantitative estimate of drug-likeness (QED) is 0.716. The minimum Gasteiger partial charge on any atom is -0.353 e. The van der Waals surface area contributed by atoms with Gasteiger partial charge in [-0.05, 0) is 51.2 Å². The lowest BCUT2D eigenvalue weighted by molar-refractivity contribution is -0.123. The molecule has 1 aromatic rings. The number of benzene rings is 1. The van der Waals surface area contributed by atoms with Crippen LogP contribution in [0.15, 0.2) is 23.1 Å². The minimum atomic E-state index is -3.49. The Hall–Kier alpha value is -1.44. The molecule has 158 valence electrons. The number of nitrogens with zero attached hydrogens (tertiary/aromatic N) is 2. The van der Waals surface area contributed by atoms with Gasteiger partial charge in [0.05, 0.1) is 11.4 Å². The molecule has 1 fully saturated rings. The van der Waals surface area contributed by atoms with Gasteiger partial charge in [-0.1, -0.05) is 31.5 Å². The van der Waals surface area contributed by atoms with Gasteiger partial charge in [0.2, 0.25) is 15.9 Å². The highest BCUT2D eigenvalue weighted by Crippen LogP contribution is 2.22. The summed E-state index contributed by atoms with van der Waals surface area (Å²) in [5.74, 6) is 0.647. The summed E-state index contributed by atoms with van der Waals surface area (Å²) < 4.78 is 27.4.